The topological polar surface area (TPSA) is 41.6 Å². The Balaban J connectivity index is 1.35. The number of nitrogens with one attached hydrogen (secondary N) is 1. The molecule has 1 aliphatic carbocycles. The fraction of sp³-hybridized carbons (Fsp3) is 0.381. The van der Waals surface area contributed by atoms with Crippen LogP contribution in [0.15, 0.2) is 48.5 Å². The predicted molar refractivity (Wildman–Crippen MR) is 96.5 cm³/mol. The molecule has 25 heavy (non-hydrogen) atoms. The van der Waals surface area contributed by atoms with Crippen molar-refractivity contribution in [3.8, 4) is 11.1 Å². The summed E-state index contributed by atoms with van der Waals surface area (Å²) in [5.41, 5.74) is 5.05. The van der Waals surface area contributed by atoms with E-state index in [2.05, 4.69) is 53.8 Å². The van der Waals surface area contributed by atoms with Crippen molar-refractivity contribution in [1.82, 2.24) is 10.2 Å². The van der Waals surface area contributed by atoms with Crippen molar-refractivity contribution in [3.63, 3.8) is 0 Å². The smallest absolute Gasteiger partial charge is 0.410 e. The van der Waals surface area contributed by atoms with Crippen LogP contribution in [0.2, 0.25) is 0 Å². The maximum Gasteiger partial charge on any atom is 0.410 e. The van der Waals surface area contributed by atoms with E-state index in [1.165, 1.54) is 22.3 Å². The van der Waals surface area contributed by atoms with E-state index in [4.69, 9.17) is 4.74 Å². The van der Waals surface area contributed by atoms with Gasteiger partial charge < -0.3 is 15.0 Å². The maximum atomic E-state index is 12.6. The number of hydrogen-bond donors (Lipinski definition) is 1. The number of rotatable bonds is 2. The third kappa shape index (κ3) is 2.35. The highest BCUT2D eigenvalue weighted by Crippen LogP contribution is 2.44. The Labute approximate surface area is 147 Å². The van der Waals surface area contributed by atoms with Crippen LogP contribution >= 0.6 is 0 Å². The lowest BCUT2D eigenvalue weighted by atomic mass is 9.98. The van der Waals surface area contributed by atoms with E-state index >= 15 is 0 Å². The number of fused-ring (bicyclic) bond motifs is 4. The minimum Gasteiger partial charge on any atom is -0.448 e. The Morgan fingerprint density at radius 3 is 2.44 bits per heavy atom. The molecule has 2 heterocycles. The van der Waals surface area contributed by atoms with Gasteiger partial charge in [-0.2, -0.15) is 0 Å². The summed E-state index contributed by atoms with van der Waals surface area (Å²) in [6, 6.07) is 17.2. The quantitative estimate of drug-likeness (QED) is 0.917. The lowest BCUT2D eigenvalue weighted by Crippen LogP contribution is -2.39. The van der Waals surface area contributed by atoms with Crippen molar-refractivity contribution in [2.24, 2.45) is 5.92 Å². The average molecular weight is 334 g/mol. The summed E-state index contributed by atoms with van der Waals surface area (Å²) in [6.07, 6.45) is 0.931. The highest BCUT2D eigenvalue weighted by Gasteiger charge is 2.41. The number of likely N-dealkylation sites (tertiary alicyclic amines) is 1. The van der Waals surface area contributed by atoms with Gasteiger partial charge >= 0.3 is 6.09 Å². The lowest BCUT2D eigenvalue weighted by Gasteiger charge is -2.24. The van der Waals surface area contributed by atoms with Gasteiger partial charge in [-0.25, -0.2) is 4.79 Å². The van der Waals surface area contributed by atoms with Gasteiger partial charge in [-0.15, -0.1) is 0 Å². The first-order valence-corrected chi connectivity index (χ1v) is 9.15. The van der Waals surface area contributed by atoms with Gasteiger partial charge in [0.05, 0.1) is 6.04 Å². The van der Waals surface area contributed by atoms with Crippen molar-refractivity contribution in [3.05, 3.63) is 59.7 Å². The highest BCUT2D eigenvalue weighted by molar-refractivity contribution is 5.79. The van der Waals surface area contributed by atoms with E-state index in [1.807, 2.05) is 4.90 Å². The van der Waals surface area contributed by atoms with Crippen LogP contribution < -0.4 is 5.32 Å². The summed E-state index contributed by atoms with van der Waals surface area (Å²) >= 11 is 0. The Kier molecular flexibility index (Phi) is 3.52. The number of carbonyl (C=O) groups is 1. The van der Waals surface area contributed by atoms with Gasteiger partial charge in [0.2, 0.25) is 0 Å². The fourth-order valence-electron chi connectivity index (χ4n) is 4.75. The van der Waals surface area contributed by atoms with Crippen molar-refractivity contribution in [2.75, 3.05) is 26.2 Å². The monoisotopic (exact) mass is 334 g/mol. The highest BCUT2D eigenvalue weighted by atomic mass is 16.6. The van der Waals surface area contributed by atoms with Crippen LogP contribution in [0.5, 0.6) is 0 Å². The minimum absolute atomic E-state index is 0.136. The normalized spacial score (nSPS) is 24.1. The van der Waals surface area contributed by atoms with E-state index in [1.54, 1.807) is 0 Å². The zero-order chi connectivity index (χ0) is 16.8. The third-order valence-electron chi connectivity index (χ3n) is 6.02. The Hall–Kier alpha value is -2.33. The van der Waals surface area contributed by atoms with Gasteiger partial charge in [0.1, 0.15) is 6.61 Å². The van der Waals surface area contributed by atoms with Crippen LogP contribution in [0.3, 0.4) is 0 Å². The van der Waals surface area contributed by atoms with Crippen molar-refractivity contribution in [1.29, 1.82) is 0 Å². The van der Waals surface area contributed by atoms with E-state index in [0.29, 0.717) is 18.6 Å². The maximum absolute atomic E-state index is 12.6. The molecule has 2 atom stereocenters. The molecule has 0 aromatic heterocycles. The van der Waals surface area contributed by atoms with Crippen LogP contribution in [-0.2, 0) is 4.74 Å². The van der Waals surface area contributed by atoms with E-state index in [9.17, 15) is 4.79 Å². The molecule has 0 saturated carbocycles. The van der Waals surface area contributed by atoms with Crippen LogP contribution in [0, 0.1) is 5.92 Å². The molecule has 3 aliphatic rings. The Bertz CT molecular complexity index is 774. The summed E-state index contributed by atoms with van der Waals surface area (Å²) in [5, 5.41) is 3.38. The average Bonchev–Trinajstić information content (AvgIpc) is 3.33. The standard InChI is InChI=1S/C21H22N2O2/c24-21(23-10-9-14-11-22-12-20(14)23)25-13-19-17-7-3-1-5-15(17)16-6-2-4-8-18(16)19/h1-8,14,19-20,22H,9-13H2. The molecular weight excluding hydrogens is 312 g/mol. The number of hydrogen-bond acceptors (Lipinski definition) is 3. The molecule has 4 heteroatoms. The first kappa shape index (κ1) is 15.0. The van der Waals surface area contributed by atoms with E-state index in [-0.39, 0.29) is 12.0 Å². The largest absolute Gasteiger partial charge is 0.448 e. The summed E-state index contributed by atoms with van der Waals surface area (Å²) in [4.78, 5) is 14.6. The molecular formula is C21H22N2O2. The second-order valence-corrected chi connectivity index (χ2v) is 7.27. The number of nitrogens with zero attached hydrogens (tertiary/aromatic N) is 1. The molecule has 4 nitrogen and oxygen atoms in total. The van der Waals surface area contributed by atoms with Gasteiger partial charge in [-0.3, -0.25) is 0 Å². The molecule has 1 amide bonds. The van der Waals surface area contributed by atoms with Crippen LogP contribution in [0.1, 0.15) is 23.5 Å². The molecule has 2 unspecified atom stereocenters. The van der Waals surface area contributed by atoms with Crippen molar-refractivity contribution < 1.29 is 9.53 Å². The summed E-state index contributed by atoms with van der Waals surface area (Å²) in [6.45, 7) is 3.16. The molecule has 2 aliphatic heterocycles. The Morgan fingerprint density at radius 1 is 1.04 bits per heavy atom. The van der Waals surface area contributed by atoms with Crippen LogP contribution in [0.25, 0.3) is 11.1 Å². The fourth-order valence-corrected chi connectivity index (χ4v) is 4.75. The van der Waals surface area contributed by atoms with E-state index in [0.717, 1.165) is 26.1 Å². The first-order valence-electron chi connectivity index (χ1n) is 9.15. The molecule has 1 N–H and O–H groups in total. The number of amides is 1. The zero-order valence-corrected chi connectivity index (χ0v) is 14.2. The second kappa shape index (κ2) is 5.88. The molecule has 0 radical (unpaired) electrons. The molecule has 5 rings (SSSR count). The summed E-state index contributed by atoms with van der Waals surface area (Å²) < 4.78 is 5.79. The van der Waals surface area contributed by atoms with Gasteiger partial charge in [0.25, 0.3) is 0 Å². The summed E-state index contributed by atoms with van der Waals surface area (Å²) in [5.74, 6) is 0.733. The van der Waals surface area contributed by atoms with Gasteiger partial charge in [0, 0.05) is 25.6 Å². The molecule has 2 fully saturated rings. The van der Waals surface area contributed by atoms with Gasteiger partial charge in [0.15, 0.2) is 0 Å². The van der Waals surface area contributed by atoms with Crippen LogP contribution in [-0.4, -0.2) is 43.3 Å². The number of carbonyl (C=O) groups excluding carboxylic acids is 1. The van der Waals surface area contributed by atoms with Crippen molar-refractivity contribution in [2.45, 2.75) is 18.4 Å². The van der Waals surface area contributed by atoms with Gasteiger partial charge in [-0.1, -0.05) is 48.5 Å². The number of ether oxygens (including phenoxy) is 1. The third-order valence-corrected chi connectivity index (χ3v) is 6.02. The molecule has 2 aromatic carbocycles. The second-order valence-electron chi connectivity index (χ2n) is 7.27. The molecule has 0 spiro atoms. The first-order chi connectivity index (χ1) is 12.3. The molecule has 2 aromatic rings. The van der Waals surface area contributed by atoms with Crippen molar-refractivity contribution >= 4 is 6.09 Å². The lowest BCUT2D eigenvalue weighted by molar-refractivity contribution is 0.0957. The minimum atomic E-state index is -0.155. The molecule has 0 bridgehead atoms. The predicted octanol–water partition coefficient (Wildman–Crippen LogP) is 3.23. The van der Waals surface area contributed by atoms with E-state index < -0.39 is 0 Å². The number of benzene rings is 2. The van der Waals surface area contributed by atoms with Gasteiger partial charge in [-0.05, 0) is 34.6 Å². The Morgan fingerprint density at radius 2 is 1.72 bits per heavy atom. The molecule has 128 valence electrons. The molecule has 2 saturated heterocycles. The zero-order valence-electron chi connectivity index (χ0n) is 14.2. The SMILES string of the molecule is O=C(OCC1c2ccccc2-c2ccccc21)N1CCC2CNCC21. The van der Waals surface area contributed by atoms with Crippen LogP contribution in [0.4, 0.5) is 4.79 Å². The summed E-state index contributed by atoms with van der Waals surface area (Å²) in [7, 11) is 0.